The first kappa shape index (κ1) is 19.1. The minimum atomic E-state index is -0.646. The molecule has 0 bridgehead atoms. The highest BCUT2D eigenvalue weighted by molar-refractivity contribution is 6.38. The summed E-state index contributed by atoms with van der Waals surface area (Å²) in [6.45, 7) is 6.76. The van der Waals surface area contributed by atoms with E-state index in [0.717, 1.165) is 19.3 Å². The molecule has 0 N–H and O–H groups in total. The Morgan fingerprint density at radius 1 is 1.33 bits per heavy atom. The molecule has 2 aromatic rings. The third kappa shape index (κ3) is 4.04. The monoisotopic (exact) mass is 370 g/mol. The van der Waals surface area contributed by atoms with Gasteiger partial charge in [-0.2, -0.15) is 0 Å². The molecule has 1 amide bonds. The number of amides is 1. The van der Waals surface area contributed by atoms with Gasteiger partial charge in [-0.3, -0.25) is 14.6 Å². The van der Waals surface area contributed by atoms with E-state index in [4.69, 9.17) is 0 Å². The molecule has 0 saturated carbocycles. The molecular formula is C19H26N6O2. The first-order valence-corrected chi connectivity index (χ1v) is 9.44. The highest BCUT2D eigenvalue weighted by Crippen LogP contribution is 2.34. The molecule has 0 aromatic carbocycles. The molecule has 0 unspecified atom stereocenters. The molecule has 1 aliphatic heterocycles. The fraction of sp³-hybridized carbons (Fsp3) is 0.579. The van der Waals surface area contributed by atoms with E-state index in [9.17, 15) is 9.59 Å². The van der Waals surface area contributed by atoms with E-state index < -0.39 is 11.3 Å². The van der Waals surface area contributed by atoms with E-state index in [1.54, 1.807) is 15.8 Å². The number of tetrazole rings is 1. The van der Waals surface area contributed by atoms with Crippen molar-refractivity contribution in [3.8, 4) is 0 Å². The summed E-state index contributed by atoms with van der Waals surface area (Å²) in [5, 5.41) is 12.0. The van der Waals surface area contributed by atoms with Crippen LogP contribution < -0.4 is 0 Å². The Morgan fingerprint density at radius 3 is 2.78 bits per heavy atom. The molecule has 0 radical (unpaired) electrons. The maximum atomic E-state index is 12.6. The van der Waals surface area contributed by atoms with Gasteiger partial charge in [-0.25, -0.2) is 4.68 Å². The molecule has 0 spiro atoms. The summed E-state index contributed by atoms with van der Waals surface area (Å²) < 4.78 is 1.75. The topological polar surface area (TPSA) is 93.9 Å². The third-order valence-electron chi connectivity index (χ3n) is 5.39. The minimum Gasteiger partial charge on any atom is -0.326 e. The summed E-state index contributed by atoms with van der Waals surface area (Å²) in [6.07, 6.45) is 6.76. The van der Waals surface area contributed by atoms with Gasteiger partial charge in [0.1, 0.15) is 0 Å². The van der Waals surface area contributed by atoms with Crippen molar-refractivity contribution in [2.45, 2.75) is 59.0 Å². The summed E-state index contributed by atoms with van der Waals surface area (Å²) in [7, 11) is 0. The number of aromatic nitrogens is 5. The number of rotatable bonds is 8. The summed E-state index contributed by atoms with van der Waals surface area (Å²) in [6, 6.07) is 3.74. The molecule has 3 heterocycles. The fourth-order valence-corrected chi connectivity index (χ4v) is 3.07. The van der Waals surface area contributed by atoms with E-state index in [1.807, 2.05) is 39.1 Å². The highest BCUT2D eigenvalue weighted by atomic mass is 16.2. The van der Waals surface area contributed by atoms with Gasteiger partial charge in [0.25, 0.3) is 5.91 Å². The lowest BCUT2D eigenvalue weighted by atomic mass is 9.83. The smallest absolute Gasteiger partial charge is 0.291 e. The van der Waals surface area contributed by atoms with Crippen molar-refractivity contribution in [2.75, 3.05) is 6.54 Å². The zero-order chi connectivity index (χ0) is 19.4. The summed E-state index contributed by atoms with van der Waals surface area (Å²) >= 11 is 0. The maximum absolute atomic E-state index is 12.6. The molecule has 144 valence electrons. The minimum absolute atomic E-state index is 0.220. The molecule has 1 atom stereocenters. The molecule has 1 fully saturated rings. The Labute approximate surface area is 159 Å². The summed E-state index contributed by atoms with van der Waals surface area (Å²) in [5.41, 5.74) is 0.521. The van der Waals surface area contributed by atoms with Crippen LogP contribution in [0.3, 0.4) is 0 Å². The standard InChI is InChI=1S/C19H26N6O2/c1-4-19(2,3)16(26)18(27)24-12-9-15(24)17-21-22-23-25(17)11-6-8-14-7-5-10-20-13-14/h5,7,10,13,15H,4,6,8-9,11-12H2,1-3H3/t15-/m0/s1. The van der Waals surface area contributed by atoms with Gasteiger partial charge in [-0.05, 0) is 47.7 Å². The van der Waals surface area contributed by atoms with Crippen LogP contribution >= 0.6 is 0 Å². The van der Waals surface area contributed by atoms with Gasteiger partial charge < -0.3 is 4.90 Å². The number of hydrogen-bond donors (Lipinski definition) is 0. The molecule has 8 nitrogen and oxygen atoms in total. The van der Waals surface area contributed by atoms with E-state index in [-0.39, 0.29) is 11.8 Å². The van der Waals surface area contributed by atoms with Gasteiger partial charge >= 0.3 is 0 Å². The first-order valence-electron chi connectivity index (χ1n) is 9.44. The molecule has 27 heavy (non-hydrogen) atoms. The van der Waals surface area contributed by atoms with Crippen LogP contribution in [0, 0.1) is 5.41 Å². The van der Waals surface area contributed by atoms with Crippen LogP contribution in [0.1, 0.15) is 57.5 Å². The lowest BCUT2D eigenvalue weighted by Gasteiger charge is -2.40. The highest BCUT2D eigenvalue weighted by Gasteiger charge is 2.43. The molecule has 3 rings (SSSR count). The first-order chi connectivity index (χ1) is 12.9. The second kappa shape index (κ2) is 7.94. The van der Waals surface area contributed by atoms with Crippen molar-refractivity contribution in [1.82, 2.24) is 30.1 Å². The average Bonchev–Trinajstić information content (AvgIpc) is 3.08. The average molecular weight is 370 g/mol. The molecule has 1 saturated heterocycles. The molecule has 2 aromatic heterocycles. The number of Topliss-reactive ketones (excluding diaryl/α,β-unsaturated/α-hetero) is 1. The van der Waals surface area contributed by atoms with Gasteiger partial charge in [0.15, 0.2) is 5.82 Å². The number of carbonyl (C=O) groups excluding carboxylic acids is 2. The van der Waals surface area contributed by atoms with Crippen molar-refractivity contribution < 1.29 is 9.59 Å². The third-order valence-corrected chi connectivity index (χ3v) is 5.39. The Hall–Kier alpha value is -2.64. The van der Waals surface area contributed by atoms with Gasteiger partial charge in [-0.15, -0.1) is 5.10 Å². The number of carbonyl (C=O) groups is 2. The normalized spacial score (nSPS) is 16.9. The Morgan fingerprint density at radius 2 is 2.15 bits per heavy atom. The Balaban J connectivity index is 1.63. The number of likely N-dealkylation sites (tertiary alicyclic amines) is 1. The number of nitrogens with zero attached hydrogens (tertiary/aromatic N) is 6. The second-order valence-corrected chi connectivity index (χ2v) is 7.59. The van der Waals surface area contributed by atoms with Gasteiger partial charge in [0, 0.05) is 30.9 Å². The summed E-state index contributed by atoms with van der Waals surface area (Å²) in [5.74, 6) is -0.115. The van der Waals surface area contributed by atoms with Crippen LogP contribution in [0.25, 0.3) is 0 Å². The molecular weight excluding hydrogens is 344 g/mol. The lowest BCUT2D eigenvalue weighted by molar-refractivity contribution is -0.154. The lowest BCUT2D eigenvalue weighted by Crippen LogP contribution is -2.51. The van der Waals surface area contributed by atoms with Crippen LogP contribution in [0.15, 0.2) is 24.5 Å². The van der Waals surface area contributed by atoms with Crippen LogP contribution in [-0.4, -0.2) is 48.3 Å². The van der Waals surface area contributed by atoms with E-state index in [2.05, 4.69) is 20.5 Å². The summed E-state index contributed by atoms with van der Waals surface area (Å²) in [4.78, 5) is 30.9. The van der Waals surface area contributed by atoms with Gasteiger partial charge in [0.05, 0.1) is 6.04 Å². The predicted molar refractivity (Wildman–Crippen MR) is 98.5 cm³/mol. The zero-order valence-electron chi connectivity index (χ0n) is 16.1. The van der Waals surface area contributed by atoms with Crippen molar-refractivity contribution >= 4 is 11.7 Å². The molecule has 8 heteroatoms. The fourth-order valence-electron chi connectivity index (χ4n) is 3.07. The number of ketones is 1. The van der Waals surface area contributed by atoms with Crippen LogP contribution in [0.2, 0.25) is 0 Å². The quantitative estimate of drug-likeness (QED) is 0.660. The van der Waals surface area contributed by atoms with Crippen molar-refractivity contribution in [3.05, 3.63) is 35.9 Å². The SMILES string of the molecule is CCC(C)(C)C(=O)C(=O)N1CC[C@H]1c1nnnn1CCCc1cccnc1. The predicted octanol–water partition coefficient (Wildman–Crippen LogP) is 1.98. The molecule has 0 aliphatic carbocycles. The van der Waals surface area contributed by atoms with Crippen LogP contribution in [0.5, 0.6) is 0 Å². The van der Waals surface area contributed by atoms with E-state index in [1.165, 1.54) is 5.56 Å². The van der Waals surface area contributed by atoms with Gasteiger partial charge in [0.2, 0.25) is 5.78 Å². The largest absolute Gasteiger partial charge is 0.326 e. The van der Waals surface area contributed by atoms with Gasteiger partial charge in [-0.1, -0.05) is 26.8 Å². The zero-order valence-corrected chi connectivity index (χ0v) is 16.1. The molecule has 1 aliphatic rings. The van der Waals surface area contributed by atoms with E-state index in [0.29, 0.717) is 25.3 Å². The number of aryl methyl sites for hydroxylation is 2. The maximum Gasteiger partial charge on any atom is 0.291 e. The van der Waals surface area contributed by atoms with E-state index >= 15 is 0 Å². The van der Waals surface area contributed by atoms with Crippen molar-refractivity contribution in [2.24, 2.45) is 5.41 Å². The Bertz CT molecular complexity index is 802. The van der Waals surface area contributed by atoms with Crippen molar-refractivity contribution in [3.63, 3.8) is 0 Å². The number of pyridine rings is 1. The Kier molecular flexibility index (Phi) is 5.62. The van der Waals surface area contributed by atoms with Crippen molar-refractivity contribution in [1.29, 1.82) is 0 Å². The number of hydrogen-bond acceptors (Lipinski definition) is 6. The second-order valence-electron chi connectivity index (χ2n) is 7.59. The van der Waals surface area contributed by atoms with Crippen LogP contribution in [-0.2, 0) is 22.6 Å². The van der Waals surface area contributed by atoms with Crippen LogP contribution in [0.4, 0.5) is 0 Å².